The Kier molecular flexibility index (Phi) is 6.93. The summed E-state index contributed by atoms with van der Waals surface area (Å²) in [7, 11) is 0. The third kappa shape index (κ3) is 4.94. The van der Waals surface area contributed by atoms with Crippen LogP contribution in [0.3, 0.4) is 0 Å². The van der Waals surface area contributed by atoms with Gasteiger partial charge in [0.1, 0.15) is 0 Å². The van der Waals surface area contributed by atoms with E-state index in [-0.39, 0.29) is 11.9 Å². The van der Waals surface area contributed by atoms with Gasteiger partial charge in [0.2, 0.25) is 5.91 Å². The predicted molar refractivity (Wildman–Crippen MR) is 84.4 cm³/mol. The van der Waals surface area contributed by atoms with E-state index in [2.05, 4.69) is 24.1 Å². The third-order valence-corrected chi connectivity index (χ3v) is 4.61. The highest BCUT2D eigenvalue weighted by Crippen LogP contribution is 2.13. The summed E-state index contributed by atoms with van der Waals surface area (Å²) in [5.74, 6) is 0.266. The number of rotatable bonds is 6. The van der Waals surface area contributed by atoms with E-state index in [1.165, 1.54) is 19.3 Å². The maximum absolute atomic E-state index is 12.7. The van der Waals surface area contributed by atoms with Crippen LogP contribution in [0.5, 0.6) is 0 Å². The Labute approximate surface area is 129 Å². The largest absolute Gasteiger partial charge is 0.378 e. The number of piperidine rings is 1. The molecule has 2 unspecified atom stereocenters. The highest BCUT2D eigenvalue weighted by molar-refractivity contribution is 5.81. The van der Waals surface area contributed by atoms with Crippen molar-refractivity contribution in [3.63, 3.8) is 0 Å². The van der Waals surface area contributed by atoms with Crippen molar-refractivity contribution in [3.05, 3.63) is 0 Å². The van der Waals surface area contributed by atoms with Crippen molar-refractivity contribution < 1.29 is 9.53 Å². The molecule has 0 spiro atoms. The smallest absolute Gasteiger partial charge is 0.239 e. The summed E-state index contributed by atoms with van der Waals surface area (Å²) < 4.78 is 5.34. The molecule has 2 rings (SSSR count). The van der Waals surface area contributed by atoms with Gasteiger partial charge < -0.3 is 15.0 Å². The topological polar surface area (TPSA) is 44.8 Å². The highest BCUT2D eigenvalue weighted by atomic mass is 16.5. The fourth-order valence-corrected chi connectivity index (χ4v) is 3.30. The number of morpholine rings is 1. The Bertz CT molecular complexity index is 313. The lowest BCUT2D eigenvalue weighted by Gasteiger charge is -2.37. The zero-order valence-electron chi connectivity index (χ0n) is 13.6. The van der Waals surface area contributed by atoms with Crippen LogP contribution in [0.2, 0.25) is 0 Å². The molecule has 5 heteroatoms. The number of nitrogens with zero attached hydrogens (tertiary/aromatic N) is 2. The molecule has 0 aliphatic carbocycles. The molecular formula is C16H31N3O2. The van der Waals surface area contributed by atoms with E-state index in [4.69, 9.17) is 4.74 Å². The molecule has 0 saturated carbocycles. The van der Waals surface area contributed by atoms with Crippen molar-refractivity contribution in [3.8, 4) is 0 Å². The lowest BCUT2D eigenvalue weighted by Crippen LogP contribution is -2.54. The fraction of sp³-hybridized carbons (Fsp3) is 0.938. The zero-order chi connectivity index (χ0) is 15.1. The van der Waals surface area contributed by atoms with E-state index in [0.29, 0.717) is 19.3 Å². The molecule has 2 atom stereocenters. The number of amides is 1. The monoisotopic (exact) mass is 297 g/mol. The van der Waals surface area contributed by atoms with E-state index in [0.717, 1.165) is 39.1 Å². The molecule has 0 radical (unpaired) electrons. The number of nitrogens with one attached hydrogen (secondary N) is 1. The quantitative estimate of drug-likeness (QED) is 0.797. The van der Waals surface area contributed by atoms with E-state index >= 15 is 0 Å². The van der Waals surface area contributed by atoms with Crippen LogP contribution in [0.15, 0.2) is 0 Å². The van der Waals surface area contributed by atoms with Crippen LogP contribution < -0.4 is 5.32 Å². The van der Waals surface area contributed by atoms with Gasteiger partial charge in [-0.25, -0.2) is 0 Å². The van der Waals surface area contributed by atoms with Gasteiger partial charge in [0.15, 0.2) is 0 Å². The summed E-state index contributed by atoms with van der Waals surface area (Å²) in [6.45, 7) is 10.2. The average molecular weight is 297 g/mol. The van der Waals surface area contributed by atoms with E-state index in [9.17, 15) is 4.79 Å². The molecule has 21 heavy (non-hydrogen) atoms. The first-order valence-electron chi connectivity index (χ1n) is 8.56. The van der Waals surface area contributed by atoms with Gasteiger partial charge in [-0.05, 0) is 39.3 Å². The van der Waals surface area contributed by atoms with Crippen LogP contribution in [0.1, 0.15) is 39.5 Å². The summed E-state index contributed by atoms with van der Waals surface area (Å²) in [4.78, 5) is 17.0. The normalized spacial score (nSPS) is 25.1. The minimum absolute atomic E-state index is 0.0215. The van der Waals surface area contributed by atoms with Gasteiger partial charge in [0, 0.05) is 25.7 Å². The summed E-state index contributed by atoms with van der Waals surface area (Å²) in [6, 6.07) is 0.525. The number of hydrogen-bond donors (Lipinski definition) is 1. The van der Waals surface area contributed by atoms with Crippen LogP contribution in [-0.2, 0) is 9.53 Å². The Hall–Kier alpha value is -0.650. The van der Waals surface area contributed by atoms with Crippen molar-refractivity contribution in [2.45, 2.75) is 51.6 Å². The van der Waals surface area contributed by atoms with Crippen LogP contribution in [-0.4, -0.2) is 73.7 Å². The Morgan fingerprint density at radius 3 is 2.76 bits per heavy atom. The van der Waals surface area contributed by atoms with Crippen molar-refractivity contribution in [2.75, 3.05) is 45.9 Å². The molecule has 5 nitrogen and oxygen atoms in total. The molecule has 2 saturated heterocycles. The molecule has 1 N–H and O–H groups in total. The fourth-order valence-electron chi connectivity index (χ4n) is 3.30. The standard InChI is InChI=1S/C16H31N3O2/c1-3-8-19(13-15-6-4-5-7-17-15)14(2)16(20)18-9-11-21-12-10-18/h14-15,17H,3-13H2,1-2H3. The van der Waals surface area contributed by atoms with Gasteiger partial charge >= 0.3 is 0 Å². The molecule has 2 aliphatic heterocycles. The van der Waals surface area contributed by atoms with Crippen molar-refractivity contribution in [2.24, 2.45) is 0 Å². The van der Waals surface area contributed by atoms with Gasteiger partial charge in [0.05, 0.1) is 19.3 Å². The van der Waals surface area contributed by atoms with Gasteiger partial charge in [-0.15, -0.1) is 0 Å². The number of hydrogen-bond acceptors (Lipinski definition) is 4. The van der Waals surface area contributed by atoms with Gasteiger partial charge in [-0.1, -0.05) is 13.3 Å². The minimum atomic E-state index is -0.0215. The molecule has 2 aliphatic rings. The Morgan fingerprint density at radius 2 is 2.14 bits per heavy atom. The molecule has 0 aromatic heterocycles. The minimum Gasteiger partial charge on any atom is -0.378 e. The maximum Gasteiger partial charge on any atom is 0.239 e. The van der Waals surface area contributed by atoms with E-state index < -0.39 is 0 Å². The molecular weight excluding hydrogens is 266 g/mol. The second kappa shape index (κ2) is 8.71. The first kappa shape index (κ1) is 16.7. The van der Waals surface area contributed by atoms with Crippen LogP contribution in [0.4, 0.5) is 0 Å². The molecule has 1 amide bonds. The van der Waals surface area contributed by atoms with Gasteiger partial charge in [-0.3, -0.25) is 9.69 Å². The lowest BCUT2D eigenvalue weighted by atomic mass is 10.0. The van der Waals surface area contributed by atoms with Crippen molar-refractivity contribution in [1.82, 2.24) is 15.1 Å². The van der Waals surface area contributed by atoms with Crippen molar-refractivity contribution >= 4 is 5.91 Å². The molecule has 0 bridgehead atoms. The van der Waals surface area contributed by atoms with E-state index in [1.54, 1.807) is 0 Å². The second-order valence-corrected chi connectivity index (χ2v) is 6.26. The summed E-state index contributed by atoms with van der Waals surface area (Å²) in [5, 5.41) is 3.59. The molecule has 0 aromatic rings. The van der Waals surface area contributed by atoms with E-state index in [1.807, 2.05) is 4.90 Å². The second-order valence-electron chi connectivity index (χ2n) is 6.26. The maximum atomic E-state index is 12.7. The first-order chi connectivity index (χ1) is 10.2. The molecule has 2 fully saturated rings. The van der Waals surface area contributed by atoms with Crippen LogP contribution in [0.25, 0.3) is 0 Å². The summed E-state index contributed by atoms with van der Waals surface area (Å²) in [5.41, 5.74) is 0. The van der Waals surface area contributed by atoms with Gasteiger partial charge in [-0.2, -0.15) is 0 Å². The average Bonchev–Trinajstić information content (AvgIpc) is 2.55. The van der Waals surface area contributed by atoms with Gasteiger partial charge in [0.25, 0.3) is 0 Å². The van der Waals surface area contributed by atoms with Crippen LogP contribution in [0, 0.1) is 0 Å². The summed E-state index contributed by atoms with van der Waals surface area (Å²) in [6.07, 6.45) is 4.92. The van der Waals surface area contributed by atoms with Crippen molar-refractivity contribution in [1.29, 1.82) is 0 Å². The molecule has 2 heterocycles. The Morgan fingerprint density at radius 1 is 1.38 bits per heavy atom. The number of carbonyl (C=O) groups is 1. The Balaban J connectivity index is 1.89. The number of ether oxygens (including phenoxy) is 1. The highest BCUT2D eigenvalue weighted by Gasteiger charge is 2.28. The lowest BCUT2D eigenvalue weighted by molar-refractivity contribution is -0.140. The molecule has 122 valence electrons. The third-order valence-electron chi connectivity index (χ3n) is 4.61. The zero-order valence-corrected chi connectivity index (χ0v) is 13.6. The first-order valence-corrected chi connectivity index (χ1v) is 8.56. The van der Waals surface area contributed by atoms with Crippen LogP contribution >= 0.6 is 0 Å². The SMILES string of the molecule is CCCN(CC1CCCCN1)C(C)C(=O)N1CCOCC1. The molecule has 0 aromatic carbocycles. The number of carbonyl (C=O) groups excluding carboxylic acids is 1. The summed E-state index contributed by atoms with van der Waals surface area (Å²) >= 11 is 0. The predicted octanol–water partition coefficient (Wildman–Crippen LogP) is 1.09.